The Morgan fingerprint density at radius 1 is 1.19 bits per heavy atom. The molecule has 3 rings (SSSR count). The van der Waals surface area contributed by atoms with Gasteiger partial charge in [-0.25, -0.2) is 4.99 Å². The first-order valence-electron chi connectivity index (χ1n) is 10.6. The number of aliphatic imine (C=N–C) groups is 1. The Morgan fingerprint density at radius 2 is 2.00 bits per heavy atom. The number of β-amino-alcohol motifs (C(OH)–C–C–N with tert-alkyl or cyclic N) is 1. The van der Waals surface area contributed by atoms with Gasteiger partial charge < -0.3 is 20.5 Å². The number of morpholine rings is 1. The summed E-state index contributed by atoms with van der Waals surface area (Å²) in [5.41, 5.74) is 2.28. The highest BCUT2D eigenvalue weighted by atomic mass is 127. The maximum atomic E-state index is 10.8. The number of benzene rings is 1. The Kier molecular flexibility index (Phi) is 10.7. The summed E-state index contributed by atoms with van der Waals surface area (Å²) in [5.74, 6) is 0.697. The first-order chi connectivity index (χ1) is 14.6. The van der Waals surface area contributed by atoms with Crippen LogP contribution < -0.4 is 10.6 Å². The van der Waals surface area contributed by atoms with Crippen LogP contribution in [0.1, 0.15) is 19.4 Å². The van der Waals surface area contributed by atoms with Crippen LogP contribution in [0.3, 0.4) is 0 Å². The SMILES string of the molecule is CCNC(=NCc1cccc(-c2ccccn2)c1)NCC(C)(O)CN1CCOCC1.I. The zero-order valence-corrected chi connectivity index (χ0v) is 20.7. The molecule has 0 saturated carbocycles. The monoisotopic (exact) mass is 539 g/mol. The summed E-state index contributed by atoms with van der Waals surface area (Å²) < 4.78 is 5.38. The molecule has 1 aliphatic heterocycles. The topological polar surface area (TPSA) is 82.0 Å². The van der Waals surface area contributed by atoms with Crippen LogP contribution in [0.25, 0.3) is 11.3 Å². The van der Waals surface area contributed by atoms with E-state index in [0.717, 1.165) is 49.7 Å². The first kappa shape index (κ1) is 25.5. The summed E-state index contributed by atoms with van der Waals surface area (Å²) in [7, 11) is 0. The minimum absolute atomic E-state index is 0. The van der Waals surface area contributed by atoms with Crippen molar-refractivity contribution in [2.75, 3.05) is 45.9 Å². The third kappa shape index (κ3) is 8.72. The molecule has 1 aromatic heterocycles. The average Bonchev–Trinajstić information content (AvgIpc) is 2.77. The van der Waals surface area contributed by atoms with Gasteiger partial charge in [0.05, 0.1) is 31.1 Å². The first-order valence-corrected chi connectivity index (χ1v) is 10.6. The van der Waals surface area contributed by atoms with E-state index in [4.69, 9.17) is 9.73 Å². The number of pyridine rings is 1. The molecule has 0 aliphatic carbocycles. The van der Waals surface area contributed by atoms with E-state index < -0.39 is 5.60 Å². The number of rotatable bonds is 8. The molecule has 0 radical (unpaired) electrons. The number of nitrogens with zero attached hydrogens (tertiary/aromatic N) is 3. The molecule has 170 valence electrons. The van der Waals surface area contributed by atoms with Gasteiger partial charge in [0.15, 0.2) is 5.96 Å². The molecule has 8 heteroatoms. The summed E-state index contributed by atoms with van der Waals surface area (Å²) in [6.07, 6.45) is 1.80. The maximum Gasteiger partial charge on any atom is 0.191 e. The van der Waals surface area contributed by atoms with Crippen molar-refractivity contribution in [2.45, 2.75) is 26.0 Å². The van der Waals surface area contributed by atoms with Crippen molar-refractivity contribution in [1.29, 1.82) is 0 Å². The molecule has 1 unspecified atom stereocenters. The second-order valence-electron chi connectivity index (χ2n) is 7.85. The molecule has 7 nitrogen and oxygen atoms in total. The summed E-state index contributed by atoms with van der Waals surface area (Å²) in [4.78, 5) is 11.4. The Balaban J connectivity index is 0.00000341. The normalized spacial score (nSPS) is 16.8. The van der Waals surface area contributed by atoms with E-state index in [2.05, 4.69) is 38.7 Å². The van der Waals surface area contributed by atoms with Crippen LogP contribution in [0.4, 0.5) is 0 Å². The molecule has 0 bridgehead atoms. The van der Waals surface area contributed by atoms with Gasteiger partial charge in [0, 0.05) is 44.5 Å². The third-order valence-corrected chi connectivity index (χ3v) is 4.96. The molecular weight excluding hydrogens is 505 g/mol. The van der Waals surface area contributed by atoms with Gasteiger partial charge in [0.1, 0.15) is 0 Å². The number of hydrogen-bond donors (Lipinski definition) is 3. The van der Waals surface area contributed by atoms with Crippen LogP contribution in [-0.4, -0.2) is 72.5 Å². The second kappa shape index (κ2) is 12.9. The minimum atomic E-state index is -0.855. The summed E-state index contributed by atoms with van der Waals surface area (Å²) >= 11 is 0. The van der Waals surface area contributed by atoms with Crippen molar-refractivity contribution in [3.05, 3.63) is 54.2 Å². The van der Waals surface area contributed by atoms with Gasteiger partial charge in [-0.15, -0.1) is 24.0 Å². The average molecular weight is 539 g/mol. The fourth-order valence-electron chi connectivity index (χ4n) is 3.45. The van der Waals surface area contributed by atoms with Crippen LogP contribution >= 0.6 is 24.0 Å². The molecule has 0 amide bonds. The highest BCUT2D eigenvalue weighted by Crippen LogP contribution is 2.18. The maximum absolute atomic E-state index is 10.8. The van der Waals surface area contributed by atoms with Crippen molar-refractivity contribution in [3.8, 4) is 11.3 Å². The zero-order valence-electron chi connectivity index (χ0n) is 18.4. The van der Waals surface area contributed by atoms with Crippen LogP contribution in [0.5, 0.6) is 0 Å². The molecule has 3 N–H and O–H groups in total. The quantitative estimate of drug-likeness (QED) is 0.272. The fourth-order valence-corrected chi connectivity index (χ4v) is 3.45. The molecule has 31 heavy (non-hydrogen) atoms. The minimum Gasteiger partial charge on any atom is -0.387 e. The van der Waals surface area contributed by atoms with Gasteiger partial charge in [-0.2, -0.15) is 0 Å². The van der Waals surface area contributed by atoms with E-state index in [1.165, 1.54) is 0 Å². The number of aliphatic hydroxyl groups is 1. The van der Waals surface area contributed by atoms with E-state index in [-0.39, 0.29) is 24.0 Å². The molecule has 0 spiro atoms. The fraction of sp³-hybridized carbons (Fsp3) is 0.478. The van der Waals surface area contributed by atoms with Crippen LogP contribution in [0, 0.1) is 0 Å². The molecular formula is C23H34IN5O2. The number of ether oxygens (including phenoxy) is 1. The highest BCUT2D eigenvalue weighted by molar-refractivity contribution is 14.0. The van der Waals surface area contributed by atoms with Gasteiger partial charge in [-0.3, -0.25) is 9.88 Å². The number of halogens is 1. The lowest BCUT2D eigenvalue weighted by molar-refractivity contribution is -0.0201. The number of hydrogen-bond acceptors (Lipinski definition) is 5. The number of guanidine groups is 1. The van der Waals surface area contributed by atoms with E-state index >= 15 is 0 Å². The lowest BCUT2D eigenvalue weighted by atomic mass is 10.1. The van der Waals surface area contributed by atoms with E-state index in [0.29, 0.717) is 25.6 Å². The lowest BCUT2D eigenvalue weighted by Crippen LogP contribution is -2.52. The van der Waals surface area contributed by atoms with Gasteiger partial charge in [0.25, 0.3) is 0 Å². The van der Waals surface area contributed by atoms with Gasteiger partial charge in [0.2, 0.25) is 0 Å². The van der Waals surface area contributed by atoms with Gasteiger partial charge in [-0.05, 0) is 37.6 Å². The Morgan fingerprint density at radius 3 is 2.71 bits per heavy atom. The standard InChI is InChI=1S/C23H33N5O2.HI/c1-3-24-22(27-17-23(2,29)18-28-11-13-30-14-12-28)26-16-19-7-6-8-20(15-19)21-9-4-5-10-25-21;/h4-10,15,29H,3,11-14,16-18H2,1-2H3,(H2,24,26,27);1H. The van der Waals surface area contributed by atoms with Gasteiger partial charge >= 0.3 is 0 Å². The van der Waals surface area contributed by atoms with Crippen molar-refractivity contribution in [3.63, 3.8) is 0 Å². The zero-order chi connectivity index (χ0) is 21.2. The van der Waals surface area contributed by atoms with E-state index in [1.54, 1.807) is 6.20 Å². The largest absolute Gasteiger partial charge is 0.387 e. The van der Waals surface area contributed by atoms with Crippen LogP contribution in [0.2, 0.25) is 0 Å². The van der Waals surface area contributed by atoms with Crippen molar-refractivity contribution >= 4 is 29.9 Å². The molecule has 2 aromatic rings. The van der Waals surface area contributed by atoms with Crippen LogP contribution in [-0.2, 0) is 11.3 Å². The lowest BCUT2D eigenvalue weighted by Gasteiger charge is -2.34. The predicted octanol–water partition coefficient (Wildman–Crippen LogP) is 2.50. The molecule has 1 saturated heterocycles. The summed E-state index contributed by atoms with van der Waals surface area (Å²) in [6, 6.07) is 14.2. The summed E-state index contributed by atoms with van der Waals surface area (Å²) in [6.45, 7) is 9.39. The summed E-state index contributed by atoms with van der Waals surface area (Å²) in [5, 5.41) is 17.3. The Bertz CT molecular complexity index is 811. The number of aromatic nitrogens is 1. The molecule has 2 heterocycles. The molecule has 1 fully saturated rings. The molecule has 1 aromatic carbocycles. The van der Waals surface area contributed by atoms with Gasteiger partial charge in [-0.1, -0.05) is 24.3 Å². The van der Waals surface area contributed by atoms with Crippen molar-refractivity contribution < 1.29 is 9.84 Å². The van der Waals surface area contributed by atoms with E-state index in [1.807, 2.05) is 38.1 Å². The Labute approximate surface area is 202 Å². The molecule has 1 aliphatic rings. The Hall–Kier alpha value is -1.75. The predicted molar refractivity (Wildman–Crippen MR) is 136 cm³/mol. The van der Waals surface area contributed by atoms with E-state index in [9.17, 15) is 5.11 Å². The van der Waals surface area contributed by atoms with Crippen LogP contribution in [0.15, 0.2) is 53.7 Å². The van der Waals surface area contributed by atoms with Crippen molar-refractivity contribution in [1.82, 2.24) is 20.5 Å². The van der Waals surface area contributed by atoms with Crippen molar-refractivity contribution in [2.24, 2.45) is 4.99 Å². The molecule has 1 atom stereocenters. The highest BCUT2D eigenvalue weighted by Gasteiger charge is 2.25. The number of nitrogens with one attached hydrogen (secondary N) is 2. The second-order valence-corrected chi connectivity index (χ2v) is 7.85. The smallest absolute Gasteiger partial charge is 0.191 e. The third-order valence-electron chi connectivity index (χ3n) is 4.96.